The first-order valence-electron chi connectivity index (χ1n) is 3.71. The molecular weight excluding hydrogens is 182 g/mol. The van der Waals surface area contributed by atoms with Gasteiger partial charge >= 0.3 is 0 Å². The predicted octanol–water partition coefficient (Wildman–Crippen LogP) is -1.36. The summed E-state index contributed by atoms with van der Waals surface area (Å²) in [5.74, 6) is 0. The van der Waals surface area contributed by atoms with Gasteiger partial charge in [-0.2, -0.15) is 4.31 Å². The van der Waals surface area contributed by atoms with Gasteiger partial charge in [-0.25, -0.2) is 8.42 Å². The monoisotopic (exact) mass is 195 g/mol. The second-order valence-corrected chi connectivity index (χ2v) is 4.78. The van der Waals surface area contributed by atoms with Crippen molar-refractivity contribution in [1.82, 2.24) is 4.31 Å². The summed E-state index contributed by atoms with van der Waals surface area (Å²) >= 11 is 0. The Labute approximate surface area is 72.0 Å². The molecule has 5 nitrogen and oxygen atoms in total. The Morgan fingerprint density at radius 3 is 2.58 bits per heavy atom. The van der Waals surface area contributed by atoms with Crippen LogP contribution in [0, 0.1) is 0 Å². The molecule has 1 heterocycles. The molecule has 6 heteroatoms. The van der Waals surface area contributed by atoms with E-state index in [-0.39, 0.29) is 19.3 Å². The molecular formula is C6H13NO4S. The number of sulfonamides is 1. The van der Waals surface area contributed by atoms with Crippen LogP contribution in [-0.2, 0) is 14.8 Å². The number of nitrogens with zero attached hydrogens (tertiary/aromatic N) is 1. The van der Waals surface area contributed by atoms with Crippen LogP contribution < -0.4 is 0 Å². The molecule has 1 N–H and O–H groups in total. The van der Waals surface area contributed by atoms with E-state index >= 15 is 0 Å². The molecule has 1 aliphatic heterocycles. The lowest BCUT2D eigenvalue weighted by Gasteiger charge is -2.36. The summed E-state index contributed by atoms with van der Waals surface area (Å²) in [4.78, 5) is 0. The highest BCUT2D eigenvalue weighted by Crippen LogP contribution is 2.14. The Bertz CT molecular complexity index is 232. The maximum absolute atomic E-state index is 10.9. The third-order valence-corrected chi connectivity index (χ3v) is 2.96. The Kier molecular flexibility index (Phi) is 3.05. The second-order valence-electron chi connectivity index (χ2n) is 2.80. The third-order valence-electron chi connectivity index (χ3n) is 1.73. The maximum atomic E-state index is 10.9. The van der Waals surface area contributed by atoms with Crippen LogP contribution in [0.15, 0.2) is 0 Å². The number of hydrogen-bond acceptors (Lipinski definition) is 4. The molecule has 0 aromatic carbocycles. The smallest absolute Gasteiger partial charge is 0.211 e. The summed E-state index contributed by atoms with van der Waals surface area (Å²) in [6, 6.07) is 0. The minimum Gasteiger partial charge on any atom is -0.394 e. The minimum atomic E-state index is -3.03. The van der Waals surface area contributed by atoms with E-state index in [1.54, 1.807) is 0 Å². The number of ether oxygens (including phenoxy) is 1. The number of aliphatic hydroxyl groups excluding tert-OH is 1. The van der Waals surface area contributed by atoms with Gasteiger partial charge in [0.05, 0.1) is 25.6 Å². The van der Waals surface area contributed by atoms with Crippen LogP contribution in [0.2, 0.25) is 0 Å². The van der Waals surface area contributed by atoms with Crippen LogP contribution in [0.4, 0.5) is 0 Å². The van der Waals surface area contributed by atoms with Gasteiger partial charge in [-0.3, -0.25) is 0 Å². The quantitative estimate of drug-likeness (QED) is 0.601. The molecule has 1 rings (SSSR count). The number of hydrogen-bond donors (Lipinski definition) is 1. The Morgan fingerprint density at radius 1 is 1.58 bits per heavy atom. The second kappa shape index (κ2) is 3.69. The average molecular weight is 195 g/mol. The van der Waals surface area contributed by atoms with Crippen LogP contribution in [0.1, 0.15) is 0 Å². The van der Waals surface area contributed by atoms with E-state index in [1.807, 2.05) is 0 Å². The molecule has 0 aliphatic carbocycles. The summed E-state index contributed by atoms with van der Waals surface area (Å²) in [5.41, 5.74) is 0. The molecule has 0 radical (unpaired) electrons. The lowest BCUT2D eigenvalue weighted by atomic mass is 10.2. The molecule has 0 atom stereocenters. The van der Waals surface area contributed by atoms with Crippen molar-refractivity contribution < 1.29 is 18.3 Å². The lowest BCUT2D eigenvalue weighted by Crippen LogP contribution is -2.54. The lowest BCUT2D eigenvalue weighted by molar-refractivity contribution is -0.0323. The van der Waals surface area contributed by atoms with Gasteiger partial charge in [0, 0.05) is 13.1 Å². The van der Waals surface area contributed by atoms with Crippen molar-refractivity contribution in [3.63, 3.8) is 0 Å². The van der Waals surface area contributed by atoms with Crippen molar-refractivity contribution in [2.24, 2.45) is 0 Å². The summed E-state index contributed by atoms with van der Waals surface area (Å²) in [6.07, 6.45) is 1.14. The SMILES string of the molecule is CS(=O)(=O)N1CC(OCCO)C1. The van der Waals surface area contributed by atoms with Crippen LogP contribution >= 0.6 is 0 Å². The standard InChI is InChI=1S/C6H13NO4S/c1-12(9,10)7-4-6(5-7)11-3-2-8/h6,8H,2-5H2,1H3. The highest BCUT2D eigenvalue weighted by Gasteiger charge is 2.33. The van der Waals surface area contributed by atoms with Crippen LogP contribution in [0.5, 0.6) is 0 Å². The average Bonchev–Trinajstić information content (AvgIpc) is 1.81. The highest BCUT2D eigenvalue weighted by molar-refractivity contribution is 7.88. The molecule has 72 valence electrons. The fourth-order valence-corrected chi connectivity index (χ4v) is 1.87. The van der Waals surface area contributed by atoms with Gasteiger partial charge in [0.15, 0.2) is 0 Å². The van der Waals surface area contributed by atoms with Crippen molar-refractivity contribution >= 4 is 10.0 Å². The van der Waals surface area contributed by atoms with Gasteiger partial charge in [0.1, 0.15) is 0 Å². The summed E-state index contributed by atoms with van der Waals surface area (Å²) in [7, 11) is -3.03. The predicted molar refractivity (Wildman–Crippen MR) is 43.2 cm³/mol. The van der Waals surface area contributed by atoms with E-state index in [1.165, 1.54) is 10.6 Å². The first kappa shape index (κ1) is 9.91. The zero-order valence-electron chi connectivity index (χ0n) is 6.93. The molecule has 0 amide bonds. The van der Waals surface area contributed by atoms with Gasteiger partial charge in [0.25, 0.3) is 0 Å². The largest absolute Gasteiger partial charge is 0.394 e. The molecule has 0 saturated carbocycles. The fourth-order valence-electron chi connectivity index (χ4n) is 0.996. The van der Waals surface area contributed by atoms with Gasteiger partial charge in [-0.15, -0.1) is 0 Å². The van der Waals surface area contributed by atoms with E-state index < -0.39 is 10.0 Å². The molecule has 12 heavy (non-hydrogen) atoms. The summed E-state index contributed by atoms with van der Waals surface area (Å²) in [6.45, 7) is 1.09. The van der Waals surface area contributed by atoms with E-state index in [4.69, 9.17) is 9.84 Å². The molecule has 0 bridgehead atoms. The van der Waals surface area contributed by atoms with Crippen molar-refractivity contribution in [2.45, 2.75) is 6.10 Å². The maximum Gasteiger partial charge on any atom is 0.211 e. The third kappa shape index (κ3) is 2.41. The van der Waals surface area contributed by atoms with E-state index in [2.05, 4.69) is 0 Å². The van der Waals surface area contributed by atoms with Gasteiger partial charge in [-0.1, -0.05) is 0 Å². The van der Waals surface area contributed by atoms with Crippen LogP contribution in [0.25, 0.3) is 0 Å². The van der Waals surface area contributed by atoms with E-state index in [0.717, 1.165) is 0 Å². The van der Waals surface area contributed by atoms with Gasteiger partial charge in [0.2, 0.25) is 10.0 Å². The molecule has 0 spiro atoms. The number of rotatable bonds is 4. The van der Waals surface area contributed by atoms with Gasteiger partial charge < -0.3 is 9.84 Å². The minimum absolute atomic E-state index is 0.0185. The van der Waals surface area contributed by atoms with E-state index in [9.17, 15) is 8.42 Å². The summed E-state index contributed by atoms with van der Waals surface area (Å²) < 4.78 is 28.1. The molecule has 1 fully saturated rings. The van der Waals surface area contributed by atoms with Crippen LogP contribution in [-0.4, -0.2) is 56.5 Å². The molecule has 0 aromatic heterocycles. The Hall–Kier alpha value is -0.170. The zero-order chi connectivity index (χ0) is 9.19. The highest BCUT2D eigenvalue weighted by atomic mass is 32.2. The Balaban J connectivity index is 2.20. The first-order chi connectivity index (χ1) is 5.54. The van der Waals surface area contributed by atoms with Crippen molar-refractivity contribution in [1.29, 1.82) is 0 Å². The van der Waals surface area contributed by atoms with Crippen LogP contribution in [0.3, 0.4) is 0 Å². The first-order valence-corrected chi connectivity index (χ1v) is 5.56. The Morgan fingerprint density at radius 2 is 2.17 bits per heavy atom. The number of aliphatic hydroxyl groups is 1. The normalized spacial score (nSPS) is 20.8. The molecule has 0 unspecified atom stereocenters. The molecule has 0 aromatic rings. The van der Waals surface area contributed by atoms with E-state index in [0.29, 0.717) is 13.1 Å². The van der Waals surface area contributed by atoms with Gasteiger partial charge in [-0.05, 0) is 0 Å². The topological polar surface area (TPSA) is 66.8 Å². The fraction of sp³-hybridized carbons (Fsp3) is 1.00. The molecule has 1 aliphatic rings. The van der Waals surface area contributed by atoms with Crippen molar-refractivity contribution in [3.8, 4) is 0 Å². The van der Waals surface area contributed by atoms with Crippen molar-refractivity contribution in [3.05, 3.63) is 0 Å². The summed E-state index contributed by atoms with van der Waals surface area (Å²) in [5, 5.41) is 8.40. The zero-order valence-corrected chi connectivity index (χ0v) is 7.75. The van der Waals surface area contributed by atoms with Crippen molar-refractivity contribution in [2.75, 3.05) is 32.6 Å². The molecule has 1 saturated heterocycles.